The second-order valence-corrected chi connectivity index (χ2v) is 5.22. The zero-order valence-electron chi connectivity index (χ0n) is 12.3. The van der Waals surface area contributed by atoms with Gasteiger partial charge in [-0.3, -0.25) is 9.59 Å². The first-order chi connectivity index (χ1) is 11.1. The number of fused-ring (bicyclic) bond motifs is 1. The number of nitrogens with one attached hydrogen (secondary N) is 2. The van der Waals surface area contributed by atoms with Crippen LogP contribution in [-0.2, 0) is 16.0 Å². The summed E-state index contributed by atoms with van der Waals surface area (Å²) in [5.41, 5.74) is 1.85. The molecule has 6 nitrogen and oxygen atoms in total. The number of amides is 2. The summed E-state index contributed by atoms with van der Waals surface area (Å²) in [6.07, 6.45) is 0.695. The number of aromatic hydroxyl groups is 1. The lowest BCUT2D eigenvalue weighted by atomic mass is 10.1. The summed E-state index contributed by atoms with van der Waals surface area (Å²) in [7, 11) is 0. The number of ether oxygens (including phenoxy) is 1. The number of anilines is 2. The smallest absolute Gasteiger partial charge is 0.262 e. The first kappa shape index (κ1) is 14.9. The second kappa shape index (κ2) is 6.39. The molecular weight excluding hydrogens is 296 g/mol. The van der Waals surface area contributed by atoms with Crippen molar-refractivity contribution in [1.29, 1.82) is 0 Å². The fraction of sp³-hybridized carbons (Fsp3) is 0.176. The van der Waals surface area contributed by atoms with Crippen LogP contribution in [0, 0.1) is 0 Å². The minimum Gasteiger partial charge on any atom is -0.508 e. The molecule has 0 spiro atoms. The molecule has 0 unspecified atom stereocenters. The van der Waals surface area contributed by atoms with E-state index < -0.39 is 0 Å². The Hall–Kier alpha value is -3.02. The molecule has 0 aliphatic carbocycles. The number of rotatable bonds is 4. The van der Waals surface area contributed by atoms with E-state index in [2.05, 4.69) is 10.6 Å². The third-order valence-electron chi connectivity index (χ3n) is 3.51. The van der Waals surface area contributed by atoms with Crippen molar-refractivity contribution < 1.29 is 19.4 Å². The molecule has 23 heavy (non-hydrogen) atoms. The highest BCUT2D eigenvalue weighted by atomic mass is 16.5. The van der Waals surface area contributed by atoms with Crippen LogP contribution in [0.5, 0.6) is 11.5 Å². The van der Waals surface area contributed by atoms with E-state index in [1.54, 1.807) is 36.4 Å². The standard InChI is InChI=1S/C17H16N2O4/c20-14-4-2-1-3-11(14)5-8-16(21)18-12-6-7-15-13(9-12)19-17(22)10-23-15/h1-4,6-7,9,20H,5,8,10H2,(H,18,21)(H,19,22). The van der Waals surface area contributed by atoms with Crippen molar-refractivity contribution >= 4 is 23.2 Å². The Morgan fingerprint density at radius 1 is 1.26 bits per heavy atom. The highest BCUT2D eigenvalue weighted by Gasteiger charge is 2.16. The molecule has 1 aliphatic heterocycles. The van der Waals surface area contributed by atoms with Gasteiger partial charge in [0.1, 0.15) is 11.5 Å². The van der Waals surface area contributed by atoms with E-state index in [1.165, 1.54) is 0 Å². The van der Waals surface area contributed by atoms with Gasteiger partial charge in [0.25, 0.3) is 5.91 Å². The molecule has 3 N–H and O–H groups in total. The maximum absolute atomic E-state index is 12.0. The molecule has 118 valence electrons. The fourth-order valence-electron chi connectivity index (χ4n) is 2.35. The third-order valence-corrected chi connectivity index (χ3v) is 3.51. The van der Waals surface area contributed by atoms with E-state index in [1.807, 2.05) is 6.07 Å². The van der Waals surface area contributed by atoms with Gasteiger partial charge < -0.3 is 20.5 Å². The van der Waals surface area contributed by atoms with Gasteiger partial charge in [-0.05, 0) is 36.2 Å². The van der Waals surface area contributed by atoms with Gasteiger partial charge in [-0.2, -0.15) is 0 Å². The van der Waals surface area contributed by atoms with Crippen molar-refractivity contribution in [3.63, 3.8) is 0 Å². The summed E-state index contributed by atoms with van der Waals surface area (Å²) < 4.78 is 5.26. The number of phenols is 1. The number of hydrogen-bond donors (Lipinski definition) is 3. The second-order valence-electron chi connectivity index (χ2n) is 5.22. The molecule has 1 aliphatic rings. The molecule has 0 saturated heterocycles. The van der Waals surface area contributed by atoms with Crippen LogP contribution in [0.4, 0.5) is 11.4 Å². The van der Waals surface area contributed by atoms with Gasteiger partial charge in [0.15, 0.2) is 6.61 Å². The summed E-state index contributed by atoms with van der Waals surface area (Å²) in [6, 6.07) is 12.0. The minimum absolute atomic E-state index is 0.000720. The first-order valence-electron chi connectivity index (χ1n) is 7.25. The minimum atomic E-state index is -0.222. The van der Waals surface area contributed by atoms with Gasteiger partial charge in [0.05, 0.1) is 5.69 Å². The zero-order chi connectivity index (χ0) is 16.2. The summed E-state index contributed by atoms with van der Waals surface area (Å²) in [5, 5.41) is 15.1. The summed E-state index contributed by atoms with van der Waals surface area (Å²) >= 11 is 0. The predicted molar refractivity (Wildman–Crippen MR) is 85.6 cm³/mol. The van der Waals surface area contributed by atoms with Crippen LogP contribution in [0.15, 0.2) is 42.5 Å². The number of phenolic OH excluding ortho intramolecular Hbond substituents is 1. The molecule has 0 fully saturated rings. The Balaban J connectivity index is 1.61. The largest absolute Gasteiger partial charge is 0.508 e. The van der Waals surface area contributed by atoms with Crippen LogP contribution < -0.4 is 15.4 Å². The molecule has 0 aromatic heterocycles. The highest BCUT2D eigenvalue weighted by Crippen LogP contribution is 2.30. The van der Waals surface area contributed by atoms with Crippen LogP contribution in [-0.4, -0.2) is 23.5 Å². The van der Waals surface area contributed by atoms with Crippen molar-refractivity contribution in [1.82, 2.24) is 0 Å². The molecule has 0 bridgehead atoms. The van der Waals surface area contributed by atoms with Crippen molar-refractivity contribution in [2.45, 2.75) is 12.8 Å². The SMILES string of the molecule is O=C(CCc1ccccc1O)Nc1ccc2c(c1)NC(=O)CO2. The van der Waals surface area contributed by atoms with E-state index in [4.69, 9.17) is 4.74 Å². The maximum Gasteiger partial charge on any atom is 0.262 e. The van der Waals surface area contributed by atoms with E-state index in [-0.39, 0.29) is 30.6 Å². The van der Waals surface area contributed by atoms with E-state index >= 15 is 0 Å². The van der Waals surface area contributed by atoms with Gasteiger partial charge in [-0.1, -0.05) is 18.2 Å². The van der Waals surface area contributed by atoms with Gasteiger partial charge >= 0.3 is 0 Å². The predicted octanol–water partition coefficient (Wildman–Crippen LogP) is 2.29. The first-order valence-corrected chi connectivity index (χ1v) is 7.25. The summed E-state index contributed by atoms with van der Waals surface area (Å²) in [5.74, 6) is 0.377. The van der Waals surface area contributed by atoms with Crippen LogP contribution in [0.3, 0.4) is 0 Å². The van der Waals surface area contributed by atoms with Crippen LogP contribution in [0.1, 0.15) is 12.0 Å². The quantitative estimate of drug-likeness (QED) is 0.808. The summed E-state index contributed by atoms with van der Waals surface area (Å²) in [4.78, 5) is 23.3. The van der Waals surface area contributed by atoms with E-state index in [9.17, 15) is 14.7 Å². The monoisotopic (exact) mass is 312 g/mol. The van der Waals surface area contributed by atoms with Crippen LogP contribution in [0.25, 0.3) is 0 Å². The van der Waals surface area contributed by atoms with Gasteiger partial charge in [0.2, 0.25) is 5.91 Å². The molecule has 0 radical (unpaired) electrons. The molecular formula is C17H16N2O4. The molecule has 1 heterocycles. The summed E-state index contributed by atoms with van der Waals surface area (Å²) in [6.45, 7) is -0.000720. The number of carbonyl (C=O) groups excluding carboxylic acids is 2. The number of carbonyl (C=O) groups is 2. The molecule has 6 heteroatoms. The normalized spacial score (nSPS) is 12.8. The third kappa shape index (κ3) is 3.60. The van der Waals surface area contributed by atoms with E-state index in [0.29, 0.717) is 23.5 Å². The van der Waals surface area contributed by atoms with Gasteiger partial charge in [-0.15, -0.1) is 0 Å². The Bertz CT molecular complexity index is 758. The lowest BCUT2D eigenvalue weighted by Gasteiger charge is -2.18. The Kier molecular flexibility index (Phi) is 4.14. The number of hydrogen-bond acceptors (Lipinski definition) is 4. The van der Waals surface area contributed by atoms with Crippen molar-refractivity contribution in [2.75, 3.05) is 17.2 Å². The number of para-hydroxylation sites is 1. The fourth-order valence-corrected chi connectivity index (χ4v) is 2.35. The molecule has 2 aromatic carbocycles. The average molecular weight is 312 g/mol. The van der Waals surface area contributed by atoms with Gasteiger partial charge in [0, 0.05) is 12.1 Å². The Morgan fingerprint density at radius 2 is 2.09 bits per heavy atom. The molecule has 3 rings (SSSR count). The van der Waals surface area contributed by atoms with Crippen molar-refractivity contribution in [3.05, 3.63) is 48.0 Å². The van der Waals surface area contributed by atoms with Crippen molar-refractivity contribution in [2.24, 2.45) is 0 Å². The van der Waals surface area contributed by atoms with Crippen LogP contribution >= 0.6 is 0 Å². The maximum atomic E-state index is 12.0. The highest BCUT2D eigenvalue weighted by molar-refractivity contribution is 5.97. The number of aryl methyl sites for hydroxylation is 1. The van der Waals surface area contributed by atoms with E-state index in [0.717, 1.165) is 5.56 Å². The Labute approximate surface area is 133 Å². The molecule has 2 aromatic rings. The van der Waals surface area contributed by atoms with Gasteiger partial charge in [-0.25, -0.2) is 0 Å². The average Bonchev–Trinajstić information content (AvgIpc) is 2.54. The lowest BCUT2D eigenvalue weighted by molar-refractivity contribution is -0.118. The molecule has 0 saturated carbocycles. The van der Waals surface area contributed by atoms with Crippen molar-refractivity contribution in [3.8, 4) is 11.5 Å². The lowest BCUT2D eigenvalue weighted by Crippen LogP contribution is -2.25. The van der Waals surface area contributed by atoms with Crippen LogP contribution in [0.2, 0.25) is 0 Å². The zero-order valence-corrected chi connectivity index (χ0v) is 12.3. The number of benzene rings is 2. The topological polar surface area (TPSA) is 87.7 Å². The molecule has 2 amide bonds. The molecule has 0 atom stereocenters. The Morgan fingerprint density at radius 3 is 2.91 bits per heavy atom.